The summed E-state index contributed by atoms with van der Waals surface area (Å²) in [5.41, 5.74) is 1.65. The molecular weight excluding hydrogens is 204 g/mol. The monoisotopic (exact) mass is 234 g/mol. The zero-order valence-electron chi connectivity index (χ0n) is 11.7. The highest BCUT2D eigenvalue weighted by atomic mass is 14.0. The van der Waals surface area contributed by atoms with Crippen LogP contribution in [-0.2, 0) is 0 Å². The molecule has 0 rings (SSSR count). The molecule has 0 aliphatic heterocycles. The van der Waals surface area contributed by atoms with Gasteiger partial charge < -0.3 is 0 Å². The number of unbranched alkanes of at least 4 members (excludes halogenated alkanes) is 6. The second-order valence-corrected chi connectivity index (χ2v) is 4.72. The molecule has 0 saturated carbocycles. The third-order valence-electron chi connectivity index (χ3n) is 3.22. The smallest absolute Gasteiger partial charge is 0.0320 e. The van der Waals surface area contributed by atoms with Crippen LogP contribution < -0.4 is 0 Å². The van der Waals surface area contributed by atoms with E-state index in [1.54, 1.807) is 5.57 Å². The topological polar surface area (TPSA) is 0 Å². The highest BCUT2D eigenvalue weighted by Gasteiger charge is 1.97. The maximum Gasteiger partial charge on any atom is -0.0320 e. The molecule has 0 aromatic heterocycles. The van der Waals surface area contributed by atoms with Crippen LogP contribution in [0.5, 0.6) is 0 Å². The van der Waals surface area contributed by atoms with Gasteiger partial charge >= 0.3 is 0 Å². The molecule has 0 aliphatic rings. The van der Waals surface area contributed by atoms with Gasteiger partial charge in [0, 0.05) is 0 Å². The summed E-state index contributed by atoms with van der Waals surface area (Å²) in [7, 11) is 0. The number of allylic oxidation sites excluding steroid dienone is 4. The first-order chi connectivity index (χ1) is 8.35. The molecule has 0 bridgehead atoms. The molecule has 0 atom stereocenters. The lowest BCUT2D eigenvalue weighted by molar-refractivity contribution is 0.627. The van der Waals surface area contributed by atoms with Crippen LogP contribution in [0.3, 0.4) is 0 Å². The molecule has 0 unspecified atom stereocenters. The van der Waals surface area contributed by atoms with Gasteiger partial charge in [-0.25, -0.2) is 0 Å². The first kappa shape index (κ1) is 16.2. The summed E-state index contributed by atoms with van der Waals surface area (Å²) < 4.78 is 0. The minimum Gasteiger partial charge on any atom is -0.103 e. The molecule has 0 aromatic rings. The molecule has 0 amide bonds. The summed E-state index contributed by atoms with van der Waals surface area (Å²) >= 11 is 0. The van der Waals surface area contributed by atoms with Crippen molar-refractivity contribution in [1.82, 2.24) is 0 Å². The van der Waals surface area contributed by atoms with Crippen molar-refractivity contribution in [2.45, 2.75) is 71.1 Å². The number of hydrogen-bond acceptors (Lipinski definition) is 0. The van der Waals surface area contributed by atoms with E-state index in [1.165, 1.54) is 64.2 Å². The summed E-state index contributed by atoms with van der Waals surface area (Å²) in [4.78, 5) is 0. The van der Waals surface area contributed by atoms with Crippen molar-refractivity contribution in [2.75, 3.05) is 0 Å². The van der Waals surface area contributed by atoms with Gasteiger partial charge in [0.25, 0.3) is 0 Å². The van der Waals surface area contributed by atoms with E-state index in [9.17, 15) is 0 Å². The molecular formula is C17H30. The largest absolute Gasteiger partial charge is 0.103 e. The summed E-state index contributed by atoms with van der Waals surface area (Å²) in [6.07, 6.45) is 19.3. The van der Waals surface area contributed by atoms with Gasteiger partial charge in [0.1, 0.15) is 0 Å². The molecule has 0 aliphatic carbocycles. The number of rotatable bonds is 12. The van der Waals surface area contributed by atoms with Gasteiger partial charge in [0.2, 0.25) is 0 Å². The molecule has 0 radical (unpaired) electrons. The molecule has 0 N–H and O–H groups in total. The standard InChI is InChI=1S/C17H30/c1-4-7-9-11-12-14-16-17(6-3)15-13-10-8-5-2/h4-6H,1-2,7-16H2,3H3. The Morgan fingerprint density at radius 1 is 0.765 bits per heavy atom. The molecule has 0 heterocycles. The van der Waals surface area contributed by atoms with Crippen LogP contribution in [0.2, 0.25) is 0 Å². The Kier molecular flexibility index (Phi) is 12.7. The van der Waals surface area contributed by atoms with Gasteiger partial charge in [-0.3, -0.25) is 0 Å². The normalized spacial score (nSPS) is 11.5. The van der Waals surface area contributed by atoms with Gasteiger partial charge in [-0.2, -0.15) is 0 Å². The van der Waals surface area contributed by atoms with E-state index in [1.807, 2.05) is 12.2 Å². The van der Waals surface area contributed by atoms with Crippen LogP contribution in [0, 0.1) is 0 Å². The van der Waals surface area contributed by atoms with Crippen molar-refractivity contribution < 1.29 is 0 Å². The summed E-state index contributed by atoms with van der Waals surface area (Å²) in [5, 5.41) is 0. The van der Waals surface area contributed by atoms with Crippen LogP contribution in [0.25, 0.3) is 0 Å². The summed E-state index contributed by atoms with van der Waals surface area (Å²) in [6.45, 7) is 9.69. The summed E-state index contributed by atoms with van der Waals surface area (Å²) in [5.74, 6) is 0. The lowest BCUT2D eigenvalue weighted by atomic mass is 10.0. The fourth-order valence-corrected chi connectivity index (χ4v) is 2.05. The Labute approximate surface area is 109 Å². The zero-order chi connectivity index (χ0) is 12.8. The zero-order valence-corrected chi connectivity index (χ0v) is 11.7. The Morgan fingerprint density at radius 3 is 1.76 bits per heavy atom. The maximum atomic E-state index is 3.76. The average Bonchev–Trinajstić information content (AvgIpc) is 2.36. The predicted molar refractivity (Wildman–Crippen MR) is 80.3 cm³/mol. The quantitative estimate of drug-likeness (QED) is 0.278. The molecule has 0 saturated heterocycles. The van der Waals surface area contributed by atoms with E-state index in [2.05, 4.69) is 26.2 Å². The second-order valence-electron chi connectivity index (χ2n) is 4.72. The van der Waals surface area contributed by atoms with Crippen molar-refractivity contribution in [3.8, 4) is 0 Å². The Morgan fingerprint density at radius 2 is 1.24 bits per heavy atom. The van der Waals surface area contributed by atoms with Crippen LogP contribution in [-0.4, -0.2) is 0 Å². The first-order valence-corrected chi connectivity index (χ1v) is 7.21. The molecule has 0 heteroatoms. The summed E-state index contributed by atoms with van der Waals surface area (Å²) in [6, 6.07) is 0. The van der Waals surface area contributed by atoms with E-state index in [0.717, 1.165) is 0 Å². The Bertz CT molecular complexity index is 210. The lowest BCUT2D eigenvalue weighted by Gasteiger charge is -2.06. The molecule has 0 nitrogen and oxygen atoms in total. The third-order valence-corrected chi connectivity index (χ3v) is 3.22. The van der Waals surface area contributed by atoms with E-state index >= 15 is 0 Å². The van der Waals surface area contributed by atoms with Crippen LogP contribution >= 0.6 is 0 Å². The molecule has 0 fully saturated rings. The molecule has 0 aromatic carbocycles. The fraction of sp³-hybridized carbons (Fsp3) is 0.647. The van der Waals surface area contributed by atoms with E-state index in [0.29, 0.717) is 0 Å². The number of hydrogen-bond donors (Lipinski definition) is 0. The fourth-order valence-electron chi connectivity index (χ4n) is 2.05. The Hall–Kier alpha value is -0.780. The van der Waals surface area contributed by atoms with Gasteiger partial charge in [0.05, 0.1) is 0 Å². The Balaban J connectivity index is 3.41. The van der Waals surface area contributed by atoms with Crippen LogP contribution in [0.4, 0.5) is 0 Å². The van der Waals surface area contributed by atoms with E-state index < -0.39 is 0 Å². The average molecular weight is 234 g/mol. The maximum absolute atomic E-state index is 3.76. The van der Waals surface area contributed by atoms with Crippen LogP contribution in [0.1, 0.15) is 71.1 Å². The first-order valence-electron chi connectivity index (χ1n) is 7.21. The highest BCUT2D eigenvalue weighted by molar-refractivity contribution is 4.99. The molecule has 17 heavy (non-hydrogen) atoms. The van der Waals surface area contributed by atoms with Crippen molar-refractivity contribution in [3.63, 3.8) is 0 Å². The van der Waals surface area contributed by atoms with E-state index in [4.69, 9.17) is 0 Å². The SMILES string of the molecule is C=CCCCCCCC(=CC)CCCCC=C. The minimum absolute atomic E-state index is 1.17. The van der Waals surface area contributed by atoms with Gasteiger partial charge in [-0.1, -0.05) is 36.6 Å². The van der Waals surface area contributed by atoms with Gasteiger partial charge in [0.15, 0.2) is 0 Å². The molecule has 0 spiro atoms. The second kappa shape index (κ2) is 13.3. The van der Waals surface area contributed by atoms with E-state index in [-0.39, 0.29) is 0 Å². The minimum atomic E-state index is 1.17. The lowest BCUT2D eigenvalue weighted by Crippen LogP contribution is -1.86. The highest BCUT2D eigenvalue weighted by Crippen LogP contribution is 2.17. The van der Waals surface area contributed by atoms with Crippen molar-refractivity contribution in [2.24, 2.45) is 0 Å². The van der Waals surface area contributed by atoms with Crippen molar-refractivity contribution in [1.29, 1.82) is 0 Å². The predicted octanol–water partition coefficient (Wildman–Crippen LogP) is 6.21. The van der Waals surface area contributed by atoms with Crippen molar-refractivity contribution >= 4 is 0 Å². The van der Waals surface area contributed by atoms with Gasteiger partial charge in [-0.15, -0.1) is 13.2 Å². The van der Waals surface area contributed by atoms with Crippen LogP contribution in [0.15, 0.2) is 37.0 Å². The van der Waals surface area contributed by atoms with Gasteiger partial charge in [-0.05, 0) is 58.3 Å². The van der Waals surface area contributed by atoms with Crippen molar-refractivity contribution in [3.05, 3.63) is 37.0 Å². The molecule has 98 valence electrons. The third kappa shape index (κ3) is 11.5.